The van der Waals surface area contributed by atoms with Crippen molar-refractivity contribution in [1.82, 2.24) is 0 Å². The van der Waals surface area contributed by atoms with Gasteiger partial charge in [0, 0.05) is 31.6 Å². The van der Waals surface area contributed by atoms with Gasteiger partial charge in [0.1, 0.15) is 19.0 Å². The third-order valence-electron chi connectivity index (χ3n) is 6.22. The fourth-order valence-electron chi connectivity index (χ4n) is 4.55. The smallest absolute Gasteiger partial charge is 0.334 e. The number of hydrogen-bond acceptors (Lipinski definition) is 4. The van der Waals surface area contributed by atoms with Crippen molar-refractivity contribution in [1.29, 1.82) is 0 Å². The molecular formula is C21H34O4Si. The molecule has 146 valence electrons. The van der Waals surface area contributed by atoms with Crippen molar-refractivity contribution in [3.8, 4) is 0 Å². The number of fused-ring (bicyclic) bond motifs is 3. The van der Waals surface area contributed by atoms with Crippen molar-refractivity contribution in [3.05, 3.63) is 23.8 Å². The molecule has 3 rings (SSSR count). The molecule has 4 atom stereocenters. The SMILES string of the molecule is C=C1C(=O)O[C@@H]2[C@H]1CCC1=CCC[C@](C)(C1)[C@H]2OCOCC[Si](C)(C)C. The van der Waals surface area contributed by atoms with Gasteiger partial charge in [0.05, 0.1) is 0 Å². The Morgan fingerprint density at radius 2 is 2.15 bits per heavy atom. The number of carbonyl (C=O) groups excluding carboxylic acids is 1. The Hall–Kier alpha value is -0.913. The molecule has 1 saturated carbocycles. The number of esters is 1. The van der Waals surface area contributed by atoms with Crippen LogP contribution in [-0.4, -0.2) is 39.7 Å². The second-order valence-corrected chi connectivity index (χ2v) is 15.3. The summed E-state index contributed by atoms with van der Waals surface area (Å²) in [6.07, 6.45) is 7.15. The van der Waals surface area contributed by atoms with Gasteiger partial charge in [-0.1, -0.05) is 44.8 Å². The zero-order valence-corrected chi connectivity index (χ0v) is 17.8. The maximum atomic E-state index is 12.2. The van der Waals surface area contributed by atoms with Crippen LogP contribution in [0.3, 0.4) is 0 Å². The molecule has 2 bridgehead atoms. The molecule has 0 aromatic rings. The van der Waals surface area contributed by atoms with E-state index in [0.29, 0.717) is 5.57 Å². The van der Waals surface area contributed by atoms with Crippen LogP contribution in [0.4, 0.5) is 0 Å². The van der Waals surface area contributed by atoms with Crippen molar-refractivity contribution in [2.45, 2.75) is 76.9 Å². The van der Waals surface area contributed by atoms with E-state index in [1.165, 1.54) is 5.57 Å². The van der Waals surface area contributed by atoms with Crippen molar-refractivity contribution in [2.24, 2.45) is 11.3 Å². The predicted molar refractivity (Wildman–Crippen MR) is 106 cm³/mol. The lowest BCUT2D eigenvalue weighted by atomic mass is 9.65. The first-order valence-electron chi connectivity index (χ1n) is 9.97. The average Bonchev–Trinajstić information content (AvgIpc) is 2.81. The number of allylic oxidation sites excluding steroid dienone is 2. The Bertz CT molecular complexity index is 591. The van der Waals surface area contributed by atoms with E-state index in [-0.39, 0.29) is 36.3 Å². The summed E-state index contributed by atoms with van der Waals surface area (Å²) in [5.74, 6) is -0.183. The minimum atomic E-state index is -1.11. The van der Waals surface area contributed by atoms with Crippen molar-refractivity contribution in [2.75, 3.05) is 13.4 Å². The third kappa shape index (κ3) is 4.32. The third-order valence-corrected chi connectivity index (χ3v) is 7.92. The van der Waals surface area contributed by atoms with Gasteiger partial charge in [0.25, 0.3) is 0 Å². The zero-order valence-electron chi connectivity index (χ0n) is 16.8. The zero-order chi connectivity index (χ0) is 18.9. The van der Waals surface area contributed by atoms with E-state index in [9.17, 15) is 4.79 Å². The van der Waals surface area contributed by atoms with Crippen LogP contribution in [-0.2, 0) is 19.0 Å². The molecule has 26 heavy (non-hydrogen) atoms. The van der Waals surface area contributed by atoms with E-state index < -0.39 is 8.07 Å². The minimum Gasteiger partial charge on any atom is -0.456 e. The van der Waals surface area contributed by atoms with Crippen LogP contribution in [0.5, 0.6) is 0 Å². The van der Waals surface area contributed by atoms with Crippen LogP contribution >= 0.6 is 0 Å². The molecule has 1 heterocycles. The Labute approximate surface area is 159 Å². The predicted octanol–water partition coefficient (Wildman–Crippen LogP) is 4.69. The van der Waals surface area contributed by atoms with E-state index in [0.717, 1.165) is 44.8 Å². The normalized spacial score (nSPS) is 34.6. The molecule has 0 aromatic carbocycles. The first-order chi connectivity index (χ1) is 12.2. The summed E-state index contributed by atoms with van der Waals surface area (Å²) in [6.45, 7) is 14.3. The van der Waals surface area contributed by atoms with Gasteiger partial charge in [-0.25, -0.2) is 4.79 Å². The minimum absolute atomic E-state index is 0.0134. The van der Waals surface area contributed by atoms with Crippen LogP contribution in [0.1, 0.15) is 39.0 Å². The molecule has 0 N–H and O–H groups in total. The summed E-state index contributed by atoms with van der Waals surface area (Å²) < 4.78 is 17.8. The summed E-state index contributed by atoms with van der Waals surface area (Å²) in [5, 5.41) is 0. The molecule has 1 saturated heterocycles. The lowest BCUT2D eigenvalue weighted by Crippen LogP contribution is -2.48. The number of rotatable bonds is 6. The van der Waals surface area contributed by atoms with Gasteiger partial charge in [-0.3, -0.25) is 0 Å². The Balaban J connectivity index is 1.71. The van der Waals surface area contributed by atoms with Gasteiger partial charge in [-0.2, -0.15) is 0 Å². The molecule has 0 spiro atoms. The lowest BCUT2D eigenvalue weighted by molar-refractivity contribution is -0.183. The standard InChI is InChI=1S/C21H34O4Si/c1-15-17-9-8-16-7-6-10-21(2,13-16)19(18(17)25-20(15)22)24-14-23-11-12-26(3,4)5/h7,17-19H,1,6,8-14H2,2-5H3/t17-,18+,19-,21+/m0/s1. The van der Waals surface area contributed by atoms with E-state index in [1.54, 1.807) is 0 Å². The molecule has 3 aliphatic rings. The van der Waals surface area contributed by atoms with Gasteiger partial charge in [0.2, 0.25) is 0 Å². The van der Waals surface area contributed by atoms with Gasteiger partial charge in [0.15, 0.2) is 0 Å². The first-order valence-corrected chi connectivity index (χ1v) is 13.7. The van der Waals surface area contributed by atoms with Crippen molar-refractivity contribution < 1.29 is 19.0 Å². The van der Waals surface area contributed by atoms with E-state index in [4.69, 9.17) is 14.2 Å². The second-order valence-electron chi connectivity index (χ2n) is 9.70. The fourth-order valence-corrected chi connectivity index (χ4v) is 5.31. The van der Waals surface area contributed by atoms with Gasteiger partial charge in [-0.15, -0.1) is 0 Å². The fraction of sp³-hybridized carbons (Fsp3) is 0.762. The molecule has 5 heteroatoms. The Kier molecular flexibility index (Phi) is 5.80. The first kappa shape index (κ1) is 19.8. The summed E-state index contributed by atoms with van der Waals surface area (Å²) in [5.41, 5.74) is 2.10. The highest BCUT2D eigenvalue weighted by Gasteiger charge is 2.52. The van der Waals surface area contributed by atoms with Crippen molar-refractivity contribution >= 4 is 14.0 Å². The number of carbonyl (C=O) groups is 1. The number of ether oxygens (including phenoxy) is 3. The van der Waals surface area contributed by atoms with Crippen LogP contribution < -0.4 is 0 Å². The maximum absolute atomic E-state index is 12.2. The lowest BCUT2D eigenvalue weighted by Gasteiger charge is -2.45. The molecule has 0 aromatic heterocycles. The summed E-state index contributed by atoms with van der Waals surface area (Å²) in [4.78, 5) is 12.2. The van der Waals surface area contributed by atoms with E-state index >= 15 is 0 Å². The monoisotopic (exact) mass is 378 g/mol. The summed E-state index contributed by atoms with van der Waals surface area (Å²) >= 11 is 0. The Morgan fingerprint density at radius 3 is 2.88 bits per heavy atom. The highest BCUT2D eigenvalue weighted by Crippen LogP contribution is 2.49. The molecule has 0 amide bonds. The highest BCUT2D eigenvalue weighted by atomic mass is 28.3. The van der Waals surface area contributed by atoms with E-state index in [1.807, 2.05) is 0 Å². The molecule has 2 fully saturated rings. The van der Waals surface area contributed by atoms with Gasteiger partial charge in [-0.05, 0) is 38.1 Å². The van der Waals surface area contributed by atoms with Gasteiger partial charge >= 0.3 is 5.97 Å². The molecule has 2 aliphatic carbocycles. The Morgan fingerprint density at radius 1 is 1.38 bits per heavy atom. The molecular weight excluding hydrogens is 344 g/mol. The van der Waals surface area contributed by atoms with Crippen LogP contribution in [0.2, 0.25) is 25.7 Å². The van der Waals surface area contributed by atoms with Crippen LogP contribution in [0.25, 0.3) is 0 Å². The quantitative estimate of drug-likeness (QED) is 0.168. The summed E-state index contributed by atoms with van der Waals surface area (Å²) in [7, 11) is -1.11. The summed E-state index contributed by atoms with van der Waals surface area (Å²) in [6, 6.07) is 1.13. The largest absolute Gasteiger partial charge is 0.456 e. The molecule has 1 aliphatic heterocycles. The van der Waals surface area contributed by atoms with Crippen molar-refractivity contribution in [3.63, 3.8) is 0 Å². The highest BCUT2D eigenvalue weighted by molar-refractivity contribution is 6.76. The van der Waals surface area contributed by atoms with Crippen LogP contribution in [0.15, 0.2) is 23.8 Å². The molecule has 0 unspecified atom stereocenters. The molecule has 4 nitrogen and oxygen atoms in total. The topological polar surface area (TPSA) is 44.8 Å². The second kappa shape index (κ2) is 7.61. The maximum Gasteiger partial charge on any atom is 0.334 e. The average molecular weight is 379 g/mol. The number of hydrogen-bond donors (Lipinski definition) is 0. The van der Waals surface area contributed by atoms with Gasteiger partial charge < -0.3 is 14.2 Å². The van der Waals surface area contributed by atoms with E-state index in [2.05, 4.69) is 39.2 Å². The van der Waals surface area contributed by atoms with Crippen LogP contribution in [0, 0.1) is 11.3 Å². The molecule has 0 radical (unpaired) electrons.